The molecule has 0 spiro atoms. The largest absolute Gasteiger partial charge is 0.506 e. The van der Waals surface area contributed by atoms with Crippen molar-refractivity contribution in [3.05, 3.63) is 73.6 Å². The van der Waals surface area contributed by atoms with Crippen LogP contribution >= 0.6 is 0 Å². The van der Waals surface area contributed by atoms with E-state index in [1.165, 1.54) is 6.20 Å². The van der Waals surface area contributed by atoms with E-state index in [2.05, 4.69) is 41.2 Å². The third kappa shape index (κ3) is 2.89. The Labute approximate surface area is 175 Å². The second-order valence-electron chi connectivity index (χ2n) is 7.16. The monoisotopic (exact) mass is 405 g/mol. The van der Waals surface area contributed by atoms with Gasteiger partial charge >= 0.3 is 0 Å². The molecule has 31 heavy (non-hydrogen) atoms. The van der Waals surface area contributed by atoms with Crippen LogP contribution < -0.4 is 0 Å². The highest BCUT2D eigenvalue weighted by atomic mass is 16.3. The van der Waals surface area contributed by atoms with Crippen molar-refractivity contribution in [2.24, 2.45) is 0 Å². The van der Waals surface area contributed by atoms with E-state index >= 15 is 0 Å². The van der Waals surface area contributed by atoms with Gasteiger partial charge in [-0.2, -0.15) is 5.10 Å². The third-order valence-corrected chi connectivity index (χ3v) is 5.25. The predicted octanol–water partition coefficient (Wildman–Crippen LogP) is 4.33. The second kappa shape index (κ2) is 6.74. The van der Waals surface area contributed by atoms with E-state index in [-0.39, 0.29) is 5.75 Å². The number of pyridine rings is 4. The molecule has 0 aliphatic heterocycles. The molecule has 0 unspecified atom stereocenters. The van der Waals surface area contributed by atoms with Crippen molar-refractivity contribution in [3.63, 3.8) is 0 Å². The van der Waals surface area contributed by atoms with Gasteiger partial charge in [0.05, 0.1) is 29.3 Å². The van der Waals surface area contributed by atoms with Crippen molar-refractivity contribution in [2.45, 2.75) is 0 Å². The molecule has 148 valence electrons. The van der Waals surface area contributed by atoms with Crippen LogP contribution in [-0.2, 0) is 0 Å². The van der Waals surface area contributed by atoms with E-state index in [0.29, 0.717) is 5.69 Å². The number of hydrogen-bond acceptors (Lipinski definition) is 6. The number of hydrogen-bond donors (Lipinski definition) is 3. The Bertz CT molecular complexity index is 1550. The van der Waals surface area contributed by atoms with Crippen molar-refractivity contribution in [1.29, 1.82) is 0 Å². The molecule has 8 heteroatoms. The maximum absolute atomic E-state index is 9.76. The highest BCUT2D eigenvalue weighted by Gasteiger charge is 2.15. The molecule has 0 amide bonds. The summed E-state index contributed by atoms with van der Waals surface area (Å²) in [6.45, 7) is 0. The normalized spacial score (nSPS) is 11.4. The third-order valence-electron chi connectivity index (χ3n) is 5.25. The van der Waals surface area contributed by atoms with Crippen molar-refractivity contribution >= 4 is 21.9 Å². The molecule has 0 saturated heterocycles. The Morgan fingerprint density at radius 3 is 2.55 bits per heavy atom. The second-order valence-corrected chi connectivity index (χ2v) is 7.16. The number of aromatic amines is 2. The van der Waals surface area contributed by atoms with Crippen LogP contribution in [0.4, 0.5) is 0 Å². The summed E-state index contributed by atoms with van der Waals surface area (Å²) < 4.78 is 0. The van der Waals surface area contributed by atoms with Gasteiger partial charge in [-0.25, -0.2) is 4.98 Å². The first kappa shape index (κ1) is 17.3. The van der Waals surface area contributed by atoms with Gasteiger partial charge in [0.1, 0.15) is 17.1 Å². The summed E-state index contributed by atoms with van der Waals surface area (Å²) in [5.41, 5.74) is 6.79. The number of aromatic hydroxyl groups is 1. The van der Waals surface area contributed by atoms with Crippen LogP contribution in [0.15, 0.2) is 73.6 Å². The SMILES string of the molecule is Oc1cncc(-c2cc3c(-c4cc5c(-c6ccncc6)ccnc5[nH]4)n[nH]c3cn2)c1. The summed E-state index contributed by atoms with van der Waals surface area (Å²) in [5, 5.41) is 19.2. The minimum Gasteiger partial charge on any atom is -0.506 e. The van der Waals surface area contributed by atoms with Gasteiger partial charge < -0.3 is 10.1 Å². The number of nitrogens with zero attached hydrogens (tertiary/aromatic N) is 5. The molecule has 0 bridgehead atoms. The maximum atomic E-state index is 9.76. The van der Waals surface area contributed by atoms with Gasteiger partial charge in [0, 0.05) is 41.1 Å². The Morgan fingerprint density at radius 1 is 0.774 bits per heavy atom. The Balaban J connectivity index is 1.51. The molecule has 0 aliphatic carbocycles. The number of aromatic nitrogens is 7. The van der Waals surface area contributed by atoms with Gasteiger partial charge in [0.25, 0.3) is 0 Å². The van der Waals surface area contributed by atoms with E-state index in [9.17, 15) is 5.11 Å². The van der Waals surface area contributed by atoms with Crippen LogP contribution in [0.5, 0.6) is 5.75 Å². The van der Waals surface area contributed by atoms with Crippen molar-refractivity contribution in [2.75, 3.05) is 0 Å². The minimum absolute atomic E-state index is 0.0946. The number of H-pyrrole nitrogens is 2. The van der Waals surface area contributed by atoms with Crippen LogP contribution in [0.2, 0.25) is 0 Å². The van der Waals surface area contributed by atoms with Crippen LogP contribution in [0.3, 0.4) is 0 Å². The smallest absolute Gasteiger partial charge is 0.138 e. The van der Waals surface area contributed by atoms with Gasteiger partial charge in [0.15, 0.2) is 0 Å². The molecule has 6 aromatic heterocycles. The fourth-order valence-electron chi connectivity index (χ4n) is 3.79. The summed E-state index contributed by atoms with van der Waals surface area (Å²) in [6.07, 6.45) is 10.1. The van der Waals surface area contributed by atoms with Gasteiger partial charge in [-0.1, -0.05) is 0 Å². The van der Waals surface area contributed by atoms with Crippen molar-refractivity contribution in [3.8, 4) is 39.5 Å². The van der Waals surface area contributed by atoms with Crippen molar-refractivity contribution < 1.29 is 5.11 Å². The Hall–Kier alpha value is -4.59. The van der Waals surface area contributed by atoms with Crippen molar-refractivity contribution in [1.82, 2.24) is 35.1 Å². The Kier molecular flexibility index (Phi) is 3.76. The van der Waals surface area contributed by atoms with E-state index in [1.54, 1.807) is 37.1 Å². The predicted molar refractivity (Wildman–Crippen MR) is 117 cm³/mol. The molecule has 0 fully saturated rings. The summed E-state index contributed by atoms with van der Waals surface area (Å²) in [6, 6.07) is 11.6. The van der Waals surface area contributed by atoms with Crippen LogP contribution in [0, 0.1) is 0 Å². The molecule has 6 heterocycles. The first-order valence-corrected chi connectivity index (χ1v) is 9.63. The van der Waals surface area contributed by atoms with Crippen LogP contribution in [0.25, 0.3) is 55.7 Å². The Morgan fingerprint density at radius 2 is 1.68 bits per heavy atom. The van der Waals surface area contributed by atoms with Gasteiger partial charge in [0.2, 0.25) is 0 Å². The van der Waals surface area contributed by atoms with E-state index in [4.69, 9.17) is 0 Å². The maximum Gasteiger partial charge on any atom is 0.138 e. The zero-order chi connectivity index (χ0) is 20.8. The minimum atomic E-state index is 0.0946. The number of nitrogens with one attached hydrogen (secondary N) is 2. The molecule has 6 rings (SSSR count). The lowest BCUT2D eigenvalue weighted by Gasteiger charge is -2.02. The lowest BCUT2D eigenvalue weighted by Crippen LogP contribution is -1.85. The zero-order valence-electron chi connectivity index (χ0n) is 16.1. The molecule has 0 aromatic carbocycles. The van der Waals surface area contributed by atoms with Gasteiger partial charge in [-0.3, -0.25) is 20.1 Å². The number of rotatable bonds is 3. The standard InChI is InChI=1S/C23H15N7O/c31-15-7-14(10-25-11-15)19-9-18-21(12-27-19)29-30-22(18)20-8-17-16(3-6-26-23(17)28-20)13-1-4-24-5-2-13/h1-12,31H,(H,26,28)(H,29,30). The quantitative estimate of drug-likeness (QED) is 0.403. The summed E-state index contributed by atoms with van der Waals surface area (Å²) >= 11 is 0. The molecule has 6 aromatic rings. The van der Waals surface area contributed by atoms with Crippen LogP contribution in [0.1, 0.15) is 0 Å². The first-order chi connectivity index (χ1) is 15.3. The summed E-state index contributed by atoms with van der Waals surface area (Å²) in [5.74, 6) is 0.0946. The van der Waals surface area contributed by atoms with Gasteiger partial charge in [-0.05, 0) is 47.5 Å². The summed E-state index contributed by atoms with van der Waals surface area (Å²) in [7, 11) is 0. The lowest BCUT2D eigenvalue weighted by molar-refractivity contribution is 0.473. The average Bonchev–Trinajstić information content (AvgIpc) is 3.43. The zero-order valence-corrected chi connectivity index (χ0v) is 16.1. The van der Waals surface area contributed by atoms with E-state index in [1.807, 2.05) is 24.3 Å². The van der Waals surface area contributed by atoms with E-state index in [0.717, 1.165) is 50.0 Å². The molecule has 0 aliphatic rings. The highest BCUT2D eigenvalue weighted by molar-refractivity contribution is 6.00. The fourth-order valence-corrected chi connectivity index (χ4v) is 3.79. The summed E-state index contributed by atoms with van der Waals surface area (Å²) in [4.78, 5) is 20.5. The molecule has 0 radical (unpaired) electrons. The number of fused-ring (bicyclic) bond motifs is 2. The lowest BCUT2D eigenvalue weighted by atomic mass is 10.0. The highest BCUT2D eigenvalue weighted by Crippen LogP contribution is 2.34. The molecular formula is C23H15N7O. The molecule has 0 saturated carbocycles. The fraction of sp³-hybridized carbons (Fsp3) is 0. The topological polar surface area (TPSA) is 116 Å². The molecule has 3 N–H and O–H groups in total. The molecule has 0 atom stereocenters. The molecule has 8 nitrogen and oxygen atoms in total. The first-order valence-electron chi connectivity index (χ1n) is 9.63. The van der Waals surface area contributed by atoms with E-state index < -0.39 is 0 Å². The van der Waals surface area contributed by atoms with Crippen LogP contribution in [-0.4, -0.2) is 40.2 Å². The molecular weight excluding hydrogens is 390 g/mol. The average molecular weight is 405 g/mol. The van der Waals surface area contributed by atoms with Gasteiger partial charge in [-0.15, -0.1) is 0 Å².